The lowest BCUT2D eigenvalue weighted by Crippen LogP contribution is -2.35. The fourth-order valence-electron chi connectivity index (χ4n) is 2.64. The third-order valence-corrected chi connectivity index (χ3v) is 4.12. The van der Waals surface area contributed by atoms with Crippen LogP contribution in [0.15, 0.2) is 12.7 Å². The Labute approximate surface area is 149 Å². The van der Waals surface area contributed by atoms with E-state index >= 15 is 0 Å². The summed E-state index contributed by atoms with van der Waals surface area (Å²) in [4.78, 5) is 24.2. The van der Waals surface area contributed by atoms with Gasteiger partial charge in [-0.15, -0.1) is 0 Å². The Kier molecular flexibility index (Phi) is 4.82. The average Bonchev–Trinajstić information content (AvgIpc) is 3.14. The number of carbonyl (C=O) groups is 1. The Morgan fingerprint density at radius 1 is 1.27 bits per heavy atom. The van der Waals surface area contributed by atoms with E-state index in [1.807, 2.05) is 0 Å². The zero-order valence-corrected chi connectivity index (χ0v) is 15.0. The number of nitrogens with zero attached hydrogens (tertiary/aromatic N) is 4. The van der Waals surface area contributed by atoms with Crippen molar-refractivity contribution in [1.29, 1.82) is 0 Å². The smallest absolute Gasteiger partial charge is 0.311 e. The minimum absolute atomic E-state index is 0.171. The van der Waals surface area contributed by atoms with Gasteiger partial charge in [-0.3, -0.25) is 9.36 Å². The Morgan fingerprint density at radius 3 is 2.65 bits per heavy atom. The molecule has 1 aliphatic rings. The van der Waals surface area contributed by atoms with Crippen LogP contribution in [-0.4, -0.2) is 67.7 Å². The van der Waals surface area contributed by atoms with E-state index in [0.29, 0.717) is 11.2 Å². The van der Waals surface area contributed by atoms with E-state index in [9.17, 15) is 15.0 Å². The number of rotatable bonds is 4. The van der Waals surface area contributed by atoms with Gasteiger partial charge >= 0.3 is 5.97 Å². The molecule has 10 heteroatoms. The summed E-state index contributed by atoms with van der Waals surface area (Å²) in [6.07, 6.45) is -1.55. The molecule has 0 unspecified atom stereocenters. The summed E-state index contributed by atoms with van der Waals surface area (Å²) in [6.45, 7) is 5.01. The zero-order valence-electron chi connectivity index (χ0n) is 15.0. The number of aliphatic hydroxyl groups excluding tert-OH is 2. The lowest BCUT2D eigenvalue weighted by atomic mass is 9.97. The summed E-state index contributed by atoms with van der Waals surface area (Å²) in [5.41, 5.74) is 0.124. The van der Waals surface area contributed by atoms with E-state index in [2.05, 4.69) is 15.0 Å². The third kappa shape index (κ3) is 3.22. The monoisotopic (exact) mass is 366 g/mol. The number of methoxy groups -OCH3 is 1. The summed E-state index contributed by atoms with van der Waals surface area (Å²) in [6, 6.07) is 0. The molecule has 142 valence electrons. The maximum Gasteiger partial charge on any atom is 0.311 e. The minimum Gasteiger partial charge on any atom is -0.479 e. The second-order valence-corrected chi connectivity index (χ2v) is 7.10. The molecule has 3 rings (SSSR count). The lowest BCUT2D eigenvalue weighted by Gasteiger charge is -2.20. The van der Waals surface area contributed by atoms with Crippen LogP contribution >= 0.6 is 0 Å². The molecule has 1 aliphatic heterocycles. The van der Waals surface area contributed by atoms with Crippen LogP contribution in [0.3, 0.4) is 0 Å². The van der Waals surface area contributed by atoms with Gasteiger partial charge in [0, 0.05) is 0 Å². The SMILES string of the molecule is COc1ncnc2c1ncn2[C@@H]1O[C@H](COC(=O)C(C)(C)C)[C@@H](O)[C@@H]1O. The number of aliphatic hydroxyl groups is 2. The van der Waals surface area contributed by atoms with Gasteiger partial charge in [0.1, 0.15) is 31.2 Å². The van der Waals surface area contributed by atoms with Gasteiger partial charge in [0.15, 0.2) is 17.4 Å². The van der Waals surface area contributed by atoms with Gasteiger partial charge in [-0.2, -0.15) is 4.98 Å². The quantitative estimate of drug-likeness (QED) is 0.721. The van der Waals surface area contributed by atoms with Gasteiger partial charge in [-0.25, -0.2) is 9.97 Å². The van der Waals surface area contributed by atoms with Gasteiger partial charge in [-0.05, 0) is 20.8 Å². The summed E-state index contributed by atoms with van der Waals surface area (Å²) in [5.74, 6) is -0.130. The van der Waals surface area contributed by atoms with E-state index in [4.69, 9.17) is 14.2 Å². The molecule has 0 aliphatic carbocycles. The van der Waals surface area contributed by atoms with Crippen LogP contribution in [0.4, 0.5) is 0 Å². The molecule has 1 saturated heterocycles. The molecule has 1 fully saturated rings. The Balaban J connectivity index is 1.79. The predicted molar refractivity (Wildman–Crippen MR) is 88.2 cm³/mol. The van der Waals surface area contributed by atoms with Crippen molar-refractivity contribution in [3.05, 3.63) is 12.7 Å². The lowest BCUT2D eigenvalue weighted by molar-refractivity contribution is -0.159. The number of esters is 1. The van der Waals surface area contributed by atoms with Gasteiger partial charge in [-0.1, -0.05) is 0 Å². The van der Waals surface area contributed by atoms with Crippen molar-refractivity contribution in [3.63, 3.8) is 0 Å². The number of fused-ring (bicyclic) bond motifs is 1. The summed E-state index contributed by atoms with van der Waals surface area (Å²) in [5, 5.41) is 20.6. The topological polar surface area (TPSA) is 129 Å². The number of ether oxygens (including phenoxy) is 3. The molecule has 3 heterocycles. The average molecular weight is 366 g/mol. The molecule has 0 spiro atoms. The Bertz CT molecular complexity index is 802. The highest BCUT2D eigenvalue weighted by molar-refractivity contribution is 5.76. The highest BCUT2D eigenvalue weighted by Crippen LogP contribution is 2.33. The van der Waals surface area contributed by atoms with E-state index < -0.39 is 35.9 Å². The van der Waals surface area contributed by atoms with Gasteiger partial charge in [0.05, 0.1) is 18.9 Å². The second-order valence-electron chi connectivity index (χ2n) is 7.10. The fraction of sp³-hybridized carbons (Fsp3) is 0.625. The molecule has 0 radical (unpaired) electrons. The summed E-state index contributed by atoms with van der Waals surface area (Å²) < 4.78 is 17.5. The molecule has 10 nitrogen and oxygen atoms in total. The van der Waals surface area contributed by atoms with Crippen LogP contribution in [0.5, 0.6) is 5.88 Å². The van der Waals surface area contributed by atoms with E-state index in [1.165, 1.54) is 24.3 Å². The molecule has 26 heavy (non-hydrogen) atoms. The number of imidazole rings is 1. The van der Waals surface area contributed by atoms with E-state index in [0.717, 1.165) is 0 Å². The Hall–Kier alpha value is -2.30. The first kappa shape index (κ1) is 18.5. The van der Waals surface area contributed by atoms with Crippen LogP contribution in [0.1, 0.15) is 27.0 Å². The molecule has 4 atom stereocenters. The third-order valence-electron chi connectivity index (χ3n) is 4.12. The molecular formula is C16H22N4O6. The first-order valence-electron chi connectivity index (χ1n) is 8.14. The van der Waals surface area contributed by atoms with Crippen LogP contribution in [-0.2, 0) is 14.3 Å². The highest BCUT2D eigenvalue weighted by Gasteiger charge is 2.45. The fourth-order valence-corrected chi connectivity index (χ4v) is 2.64. The standard InChI is InChI=1S/C16H22N4O6/c1-16(2,3)15(23)25-5-8-10(21)11(22)14(26-8)20-7-19-9-12(20)17-6-18-13(9)24-4/h6-8,10-11,14,21-22H,5H2,1-4H3/t8-,10-,11+,14-/m1/s1. The van der Waals surface area contributed by atoms with E-state index in [-0.39, 0.29) is 12.5 Å². The first-order chi connectivity index (χ1) is 12.2. The predicted octanol–water partition coefficient (Wildman–Crippen LogP) is 0.0434. The highest BCUT2D eigenvalue weighted by atomic mass is 16.6. The van der Waals surface area contributed by atoms with Gasteiger partial charge < -0.3 is 24.4 Å². The molecule has 0 amide bonds. The minimum atomic E-state index is -1.24. The molecule has 0 aromatic carbocycles. The Morgan fingerprint density at radius 2 is 2.00 bits per heavy atom. The van der Waals surface area contributed by atoms with Crippen LogP contribution < -0.4 is 4.74 Å². The van der Waals surface area contributed by atoms with Crippen molar-refractivity contribution >= 4 is 17.1 Å². The van der Waals surface area contributed by atoms with Crippen LogP contribution in [0, 0.1) is 5.41 Å². The molecule has 0 saturated carbocycles. The molecule has 2 aromatic heterocycles. The summed E-state index contributed by atoms with van der Waals surface area (Å²) in [7, 11) is 1.46. The van der Waals surface area contributed by atoms with Crippen molar-refractivity contribution in [2.45, 2.75) is 45.3 Å². The van der Waals surface area contributed by atoms with Gasteiger partial charge in [0.2, 0.25) is 5.88 Å². The maximum atomic E-state index is 11.9. The van der Waals surface area contributed by atoms with Crippen LogP contribution in [0.25, 0.3) is 11.2 Å². The maximum absolute atomic E-state index is 11.9. The van der Waals surface area contributed by atoms with Gasteiger partial charge in [0.25, 0.3) is 0 Å². The van der Waals surface area contributed by atoms with Crippen molar-refractivity contribution in [1.82, 2.24) is 19.5 Å². The molecule has 0 bridgehead atoms. The van der Waals surface area contributed by atoms with Crippen LogP contribution in [0.2, 0.25) is 0 Å². The normalized spacial score (nSPS) is 26.2. The van der Waals surface area contributed by atoms with Crippen molar-refractivity contribution in [3.8, 4) is 5.88 Å². The number of aromatic nitrogens is 4. The van der Waals surface area contributed by atoms with Crippen molar-refractivity contribution in [2.24, 2.45) is 5.41 Å². The zero-order chi connectivity index (χ0) is 19.1. The van der Waals surface area contributed by atoms with Crippen molar-refractivity contribution < 1.29 is 29.2 Å². The molecular weight excluding hydrogens is 344 g/mol. The molecule has 2 aromatic rings. The largest absolute Gasteiger partial charge is 0.479 e. The summed E-state index contributed by atoms with van der Waals surface area (Å²) >= 11 is 0. The second kappa shape index (κ2) is 6.78. The number of hydrogen-bond donors (Lipinski definition) is 2. The van der Waals surface area contributed by atoms with Crippen molar-refractivity contribution in [2.75, 3.05) is 13.7 Å². The molecule has 2 N–H and O–H groups in total. The van der Waals surface area contributed by atoms with E-state index in [1.54, 1.807) is 20.8 Å². The number of hydrogen-bond acceptors (Lipinski definition) is 9. The number of carbonyl (C=O) groups excluding carboxylic acids is 1. The first-order valence-corrected chi connectivity index (χ1v) is 8.14.